The predicted molar refractivity (Wildman–Crippen MR) is 96.9 cm³/mol. The van der Waals surface area contributed by atoms with Crippen molar-refractivity contribution >= 4 is 16.6 Å². The second kappa shape index (κ2) is 5.98. The quantitative estimate of drug-likeness (QED) is 0.497. The van der Waals surface area contributed by atoms with Crippen LogP contribution >= 0.6 is 0 Å². The lowest BCUT2D eigenvalue weighted by Crippen LogP contribution is -1.96. The van der Waals surface area contributed by atoms with Gasteiger partial charge in [0.05, 0.1) is 11.2 Å². The van der Waals surface area contributed by atoms with E-state index in [1.54, 1.807) is 60.7 Å². The summed E-state index contributed by atoms with van der Waals surface area (Å²) in [6.07, 6.45) is 0. The number of hydrogen-bond donors (Lipinski definition) is 1. The maximum absolute atomic E-state index is 14.4. The minimum absolute atomic E-state index is 0.333. The summed E-state index contributed by atoms with van der Waals surface area (Å²) >= 11 is 0. The van der Waals surface area contributed by atoms with Crippen molar-refractivity contribution in [1.82, 2.24) is 4.98 Å². The molecule has 1 aromatic heterocycles. The van der Waals surface area contributed by atoms with Crippen molar-refractivity contribution in [3.05, 3.63) is 84.4 Å². The van der Waals surface area contributed by atoms with E-state index in [0.717, 1.165) is 5.39 Å². The largest absolute Gasteiger partial charge is 0.399 e. The lowest BCUT2D eigenvalue weighted by atomic mass is 9.96. The summed E-state index contributed by atoms with van der Waals surface area (Å²) in [4.78, 5) is 4.60. The van der Waals surface area contributed by atoms with Gasteiger partial charge in [0, 0.05) is 27.8 Å². The molecule has 4 heteroatoms. The van der Waals surface area contributed by atoms with Gasteiger partial charge in [0.25, 0.3) is 0 Å². The van der Waals surface area contributed by atoms with Crippen molar-refractivity contribution in [3.8, 4) is 22.4 Å². The number of pyridine rings is 1. The van der Waals surface area contributed by atoms with Gasteiger partial charge in [-0.1, -0.05) is 30.3 Å². The van der Waals surface area contributed by atoms with Crippen LogP contribution in [0.15, 0.2) is 72.8 Å². The maximum atomic E-state index is 14.4. The average Bonchev–Trinajstić information content (AvgIpc) is 2.62. The Bertz CT molecular complexity index is 1090. The number of nitrogens with zero attached hydrogens (tertiary/aromatic N) is 1. The zero-order chi connectivity index (χ0) is 17.4. The van der Waals surface area contributed by atoms with Crippen molar-refractivity contribution in [1.29, 1.82) is 0 Å². The van der Waals surface area contributed by atoms with E-state index in [1.807, 2.05) is 0 Å². The van der Waals surface area contributed by atoms with E-state index >= 15 is 0 Å². The smallest absolute Gasteiger partial charge is 0.132 e. The number of nitrogens with two attached hydrogens (primary N) is 1. The molecule has 0 radical (unpaired) electrons. The molecule has 0 aliphatic carbocycles. The highest BCUT2D eigenvalue weighted by Crippen LogP contribution is 2.36. The number of benzene rings is 3. The Balaban J connectivity index is 2.09. The third-order valence-electron chi connectivity index (χ3n) is 4.13. The highest BCUT2D eigenvalue weighted by molar-refractivity contribution is 5.93. The molecular weight excluding hydrogens is 318 g/mol. The Hall–Kier alpha value is -3.27. The Labute approximate surface area is 143 Å². The van der Waals surface area contributed by atoms with E-state index in [4.69, 9.17) is 5.73 Å². The first-order valence-corrected chi connectivity index (χ1v) is 7.83. The Morgan fingerprint density at radius 2 is 1.32 bits per heavy atom. The number of anilines is 1. The number of nitrogen functional groups attached to an aromatic ring is 1. The van der Waals surface area contributed by atoms with Gasteiger partial charge in [0.1, 0.15) is 11.6 Å². The fraction of sp³-hybridized carbons (Fsp3) is 0. The van der Waals surface area contributed by atoms with Gasteiger partial charge in [-0.25, -0.2) is 13.8 Å². The highest BCUT2D eigenvalue weighted by Gasteiger charge is 2.16. The topological polar surface area (TPSA) is 38.9 Å². The fourth-order valence-corrected chi connectivity index (χ4v) is 2.94. The number of fused-ring (bicyclic) bond motifs is 1. The lowest BCUT2D eigenvalue weighted by Gasteiger charge is -2.13. The first-order chi connectivity index (χ1) is 12.1. The normalized spacial score (nSPS) is 11.0. The first-order valence-electron chi connectivity index (χ1n) is 7.83. The molecule has 2 N–H and O–H groups in total. The fourth-order valence-electron chi connectivity index (χ4n) is 2.94. The summed E-state index contributed by atoms with van der Waals surface area (Å²) in [5.41, 5.74) is 8.76. The number of rotatable bonds is 2. The second-order valence-corrected chi connectivity index (χ2v) is 5.80. The summed E-state index contributed by atoms with van der Waals surface area (Å²) < 4.78 is 28.8. The van der Waals surface area contributed by atoms with Crippen LogP contribution in [0.25, 0.3) is 33.3 Å². The van der Waals surface area contributed by atoms with Gasteiger partial charge >= 0.3 is 0 Å². The van der Waals surface area contributed by atoms with Gasteiger partial charge in [0.2, 0.25) is 0 Å². The Kier molecular flexibility index (Phi) is 3.65. The van der Waals surface area contributed by atoms with Crippen LogP contribution in [-0.2, 0) is 0 Å². The molecule has 4 aromatic rings. The van der Waals surface area contributed by atoms with Crippen LogP contribution in [-0.4, -0.2) is 4.98 Å². The van der Waals surface area contributed by atoms with Gasteiger partial charge in [-0.3, -0.25) is 0 Å². The molecule has 0 unspecified atom stereocenters. The molecule has 122 valence electrons. The van der Waals surface area contributed by atoms with E-state index in [1.165, 1.54) is 12.1 Å². The van der Waals surface area contributed by atoms with E-state index in [0.29, 0.717) is 33.6 Å². The number of halogens is 2. The molecule has 0 aliphatic heterocycles. The summed E-state index contributed by atoms with van der Waals surface area (Å²) in [6, 6.07) is 19.9. The molecule has 2 nitrogen and oxygen atoms in total. The van der Waals surface area contributed by atoms with Crippen molar-refractivity contribution in [2.45, 2.75) is 0 Å². The van der Waals surface area contributed by atoms with E-state index in [9.17, 15) is 8.78 Å². The van der Waals surface area contributed by atoms with Crippen LogP contribution in [0.5, 0.6) is 0 Å². The van der Waals surface area contributed by atoms with Crippen LogP contribution in [0, 0.1) is 11.6 Å². The summed E-state index contributed by atoms with van der Waals surface area (Å²) in [5.74, 6) is -0.785. The predicted octanol–water partition coefficient (Wildman–Crippen LogP) is 5.43. The molecular formula is C21H14F2N2. The van der Waals surface area contributed by atoms with E-state index in [-0.39, 0.29) is 5.82 Å². The number of hydrogen-bond acceptors (Lipinski definition) is 2. The third-order valence-corrected chi connectivity index (χ3v) is 4.13. The van der Waals surface area contributed by atoms with Crippen molar-refractivity contribution in [2.24, 2.45) is 0 Å². The standard InChI is InChI=1S/C21H14F2N2/c22-18-7-3-1-5-15(18)17-12-13-11-14(24)9-10-20(13)25-21(17)16-6-2-4-8-19(16)23/h1-12H,24H2. The SMILES string of the molecule is Nc1ccc2nc(-c3ccccc3F)c(-c3ccccc3F)cc2c1. The molecule has 0 atom stereocenters. The van der Waals surface area contributed by atoms with Gasteiger partial charge in [0.15, 0.2) is 0 Å². The molecule has 0 aliphatic rings. The lowest BCUT2D eigenvalue weighted by molar-refractivity contribution is 0.629. The molecule has 0 spiro atoms. The Morgan fingerprint density at radius 3 is 2.00 bits per heavy atom. The summed E-state index contributed by atoms with van der Waals surface area (Å²) in [5, 5.41) is 0.776. The van der Waals surface area contributed by atoms with Crippen LogP contribution < -0.4 is 5.73 Å². The number of aromatic nitrogens is 1. The molecule has 3 aromatic carbocycles. The Morgan fingerprint density at radius 1 is 0.680 bits per heavy atom. The van der Waals surface area contributed by atoms with Gasteiger partial charge in [-0.15, -0.1) is 0 Å². The summed E-state index contributed by atoms with van der Waals surface area (Å²) in [6.45, 7) is 0. The molecule has 1 heterocycles. The van der Waals surface area contributed by atoms with Gasteiger partial charge < -0.3 is 5.73 Å². The zero-order valence-electron chi connectivity index (χ0n) is 13.2. The molecule has 0 amide bonds. The van der Waals surface area contributed by atoms with E-state index in [2.05, 4.69) is 4.98 Å². The van der Waals surface area contributed by atoms with Crippen molar-refractivity contribution in [2.75, 3.05) is 5.73 Å². The monoisotopic (exact) mass is 332 g/mol. The van der Waals surface area contributed by atoms with Crippen LogP contribution in [0.4, 0.5) is 14.5 Å². The maximum Gasteiger partial charge on any atom is 0.132 e. The van der Waals surface area contributed by atoms with Crippen molar-refractivity contribution in [3.63, 3.8) is 0 Å². The molecule has 4 rings (SSSR count). The molecule has 0 fully saturated rings. The van der Waals surface area contributed by atoms with Crippen LogP contribution in [0.3, 0.4) is 0 Å². The first kappa shape index (κ1) is 15.3. The highest BCUT2D eigenvalue weighted by atomic mass is 19.1. The average molecular weight is 332 g/mol. The van der Waals surface area contributed by atoms with Crippen LogP contribution in [0.2, 0.25) is 0 Å². The third kappa shape index (κ3) is 2.72. The molecule has 25 heavy (non-hydrogen) atoms. The van der Waals surface area contributed by atoms with Gasteiger partial charge in [-0.05, 0) is 42.5 Å². The van der Waals surface area contributed by atoms with Crippen molar-refractivity contribution < 1.29 is 8.78 Å². The molecule has 0 saturated heterocycles. The molecule has 0 bridgehead atoms. The van der Waals surface area contributed by atoms with E-state index < -0.39 is 5.82 Å². The zero-order valence-corrected chi connectivity index (χ0v) is 13.2. The minimum Gasteiger partial charge on any atom is -0.399 e. The van der Waals surface area contributed by atoms with Gasteiger partial charge in [-0.2, -0.15) is 0 Å². The van der Waals surface area contributed by atoms with Crippen LogP contribution in [0.1, 0.15) is 0 Å². The molecule has 0 saturated carbocycles. The minimum atomic E-state index is -0.401. The summed E-state index contributed by atoms with van der Waals surface area (Å²) in [7, 11) is 0. The second-order valence-electron chi connectivity index (χ2n) is 5.80.